The molecule has 134 valence electrons. The van der Waals surface area contributed by atoms with Gasteiger partial charge in [-0.1, -0.05) is 32.0 Å². The van der Waals surface area contributed by atoms with Crippen LogP contribution in [0.3, 0.4) is 0 Å². The van der Waals surface area contributed by atoms with Crippen LogP contribution in [-0.2, 0) is 21.9 Å². The summed E-state index contributed by atoms with van der Waals surface area (Å²) in [5.74, 6) is -0.0672. The van der Waals surface area contributed by atoms with E-state index in [9.17, 15) is 9.36 Å². The summed E-state index contributed by atoms with van der Waals surface area (Å²) in [5.41, 5.74) is 5.93. The Bertz CT molecular complexity index is 766. The van der Waals surface area contributed by atoms with E-state index in [1.54, 1.807) is 30.3 Å². The first-order valence-corrected chi connectivity index (χ1v) is 9.73. The Morgan fingerprint density at radius 2 is 1.44 bits per heavy atom. The van der Waals surface area contributed by atoms with E-state index in [0.29, 0.717) is 11.3 Å². The largest absolute Gasteiger partial charge is 0.421 e. The molecule has 0 aliphatic carbocycles. The molecule has 0 bridgehead atoms. The Balaban J connectivity index is 2.27. The standard InChI is InChI=1S/C20H25O4P/c1-6-17-13(3)18(7-2)15(5)19(14(17)4)23-25(22)24-20(21)16-11-9-8-10-12-16/h8-12,25H,6-7H2,1-5H3. The van der Waals surface area contributed by atoms with Crippen molar-refractivity contribution in [3.05, 3.63) is 63.7 Å². The average Bonchev–Trinajstić information content (AvgIpc) is 2.60. The molecular weight excluding hydrogens is 335 g/mol. The van der Waals surface area contributed by atoms with Gasteiger partial charge in [-0.25, -0.2) is 9.36 Å². The Morgan fingerprint density at radius 3 is 1.92 bits per heavy atom. The lowest BCUT2D eigenvalue weighted by Crippen LogP contribution is -2.06. The van der Waals surface area contributed by atoms with Crippen LogP contribution in [0.25, 0.3) is 0 Å². The van der Waals surface area contributed by atoms with Crippen molar-refractivity contribution in [3.63, 3.8) is 0 Å². The van der Waals surface area contributed by atoms with Gasteiger partial charge in [0.2, 0.25) is 0 Å². The highest BCUT2D eigenvalue weighted by Gasteiger charge is 2.19. The quantitative estimate of drug-likeness (QED) is 0.651. The number of hydrogen-bond acceptors (Lipinski definition) is 4. The van der Waals surface area contributed by atoms with Crippen molar-refractivity contribution in [2.75, 3.05) is 0 Å². The fraction of sp³-hybridized carbons (Fsp3) is 0.350. The molecule has 0 N–H and O–H groups in total. The highest BCUT2D eigenvalue weighted by molar-refractivity contribution is 7.34. The van der Waals surface area contributed by atoms with Gasteiger partial charge in [-0.3, -0.25) is 0 Å². The highest BCUT2D eigenvalue weighted by atomic mass is 31.1. The molecule has 0 saturated heterocycles. The summed E-state index contributed by atoms with van der Waals surface area (Å²) >= 11 is 0. The third-order valence-electron chi connectivity index (χ3n) is 4.57. The SMILES string of the molecule is CCc1c(C)c(CC)c(C)c(O[PH](=O)OC(=O)c2ccccc2)c1C. The van der Waals surface area contributed by atoms with Gasteiger partial charge in [0, 0.05) is 0 Å². The molecule has 5 heteroatoms. The Kier molecular flexibility index (Phi) is 6.44. The van der Waals surface area contributed by atoms with Crippen molar-refractivity contribution in [2.24, 2.45) is 0 Å². The molecule has 1 atom stereocenters. The second kappa shape index (κ2) is 8.35. The predicted molar refractivity (Wildman–Crippen MR) is 101 cm³/mol. The monoisotopic (exact) mass is 360 g/mol. The summed E-state index contributed by atoms with van der Waals surface area (Å²) in [6.07, 6.45) is 1.73. The lowest BCUT2D eigenvalue weighted by atomic mass is 9.90. The van der Waals surface area contributed by atoms with Gasteiger partial charge in [-0.2, -0.15) is 0 Å². The topological polar surface area (TPSA) is 52.6 Å². The van der Waals surface area contributed by atoms with E-state index in [0.717, 1.165) is 24.0 Å². The minimum absolute atomic E-state index is 0.352. The Morgan fingerprint density at radius 1 is 0.920 bits per heavy atom. The normalized spacial score (nSPS) is 11.9. The van der Waals surface area contributed by atoms with Crippen molar-refractivity contribution in [3.8, 4) is 5.75 Å². The van der Waals surface area contributed by atoms with Crippen LogP contribution in [0.4, 0.5) is 0 Å². The van der Waals surface area contributed by atoms with E-state index in [4.69, 9.17) is 9.05 Å². The molecule has 0 saturated carbocycles. The van der Waals surface area contributed by atoms with E-state index in [1.807, 2.05) is 13.8 Å². The fourth-order valence-corrected chi connectivity index (χ4v) is 4.11. The zero-order valence-electron chi connectivity index (χ0n) is 15.4. The van der Waals surface area contributed by atoms with Crippen LogP contribution < -0.4 is 4.52 Å². The first kappa shape index (κ1) is 19.3. The molecule has 0 aliphatic rings. The second-order valence-electron chi connectivity index (χ2n) is 5.98. The van der Waals surface area contributed by atoms with Crippen molar-refractivity contribution in [1.82, 2.24) is 0 Å². The molecule has 2 rings (SSSR count). The van der Waals surface area contributed by atoms with Crippen molar-refractivity contribution in [1.29, 1.82) is 0 Å². The van der Waals surface area contributed by atoms with Crippen LogP contribution in [-0.4, -0.2) is 5.97 Å². The molecule has 25 heavy (non-hydrogen) atoms. The maximum absolute atomic E-state index is 12.3. The minimum atomic E-state index is -2.99. The summed E-state index contributed by atoms with van der Waals surface area (Å²) in [7, 11) is -2.99. The third kappa shape index (κ3) is 4.13. The molecule has 0 fully saturated rings. The van der Waals surface area contributed by atoms with Crippen LogP contribution in [0.2, 0.25) is 0 Å². The summed E-state index contributed by atoms with van der Waals surface area (Å²) in [5, 5.41) is 0. The Hall–Kier alpha value is -2.06. The number of carbonyl (C=O) groups is 1. The summed E-state index contributed by atoms with van der Waals surface area (Å²) in [6, 6.07) is 8.48. The fourth-order valence-electron chi connectivity index (χ4n) is 3.33. The maximum atomic E-state index is 12.3. The van der Waals surface area contributed by atoms with Crippen LogP contribution >= 0.6 is 8.25 Å². The molecule has 1 unspecified atom stereocenters. The molecule has 2 aromatic rings. The molecule has 0 amide bonds. The van der Waals surface area contributed by atoms with Gasteiger partial charge >= 0.3 is 14.2 Å². The summed E-state index contributed by atoms with van der Waals surface area (Å²) in [6.45, 7) is 10.2. The summed E-state index contributed by atoms with van der Waals surface area (Å²) < 4.78 is 22.9. The summed E-state index contributed by atoms with van der Waals surface area (Å²) in [4.78, 5) is 12.0. The van der Waals surface area contributed by atoms with E-state index in [-0.39, 0.29) is 0 Å². The number of rotatable bonds is 6. The van der Waals surface area contributed by atoms with Gasteiger partial charge in [0.05, 0.1) is 5.56 Å². The third-order valence-corrected chi connectivity index (χ3v) is 5.29. The maximum Gasteiger partial charge on any atom is 0.421 e. The van der Waals surface area contributed by atoms with Crippen molar-refractivity contribution >= 4 is 14.2 Å². The lowest BCUT2D eigenvalue weighted by molar-refractivity contribution is 0.0733. The van der Waals surface area contributed by atoms with E-state index in [2.05, 4.69) is 20.8 Å². The van der Waals surface area contributed by atoms with Gasteiger partial charge in [-0.15, -0.1) is 0 Å². The second-order valence-corrected chi connectivity index (χ2v) is 6.88. The first-order valence-electron chi connectivity index (χ1n) is 8.51. The Labute approximate surface area is 150 Å². The van der Waals surface area contributed by atoms with Gasteiger partial charge in [0.25, 0.3) is 0 Å². The number of benzene rings is 2. The molecule has 0 aromatic heterocycles. The number of hydrogen-bond donors (Lipinski definition) is 0. The van der Waals surface area contributed by atoms with E-state index in [1.165, 1.54) is 16.7 Å². The zero-order chi connectivity index (χ0) is 18.6. The van der Waals surface area contributed by atoms with Crippen LogP contribution in [0.1, 0.15) is 52.0 Å². The van der Waals surface area contributed by atoms with Crippen LogP contribution in [0, 0.1) is 20.8 Å². The van der Waals surface area contributed by atoms with Gasteiger partial charge in [0.1, 0.15) is 5.75 Å². The van der Waals surface area contributed by atoms with E-state index < -0.39 is 14.2 Å². The van der Waals surface area contributed by atoms with Gasteiger partial charge in [0.15, 0.2) is 0 Å². The molecule has 0 radical (unpaired) electrons. The van der Waals surface area contributed by atoms with Crippen molar-refractivity contribution in [2.45, 2.75) is 47.5 Å². The first-order chi connectivity index (χ1) is 11.9. The highest BCUT2D eigenvalue weighted by Crippen LogP contribution is 2.39. The molecule has 0 heterocycles. The number of carbonyl (C=O) groups excluding carboxylic acids is 1. The smallest absolute Gasteiger partial charge is 0.417 e. The zero-order valence-corrected chi connectivity index (χ0v) is 16.4. The lowest BCUT2D eigenvalue weighted by Gasteiger charge is -2.21. The van der Waals surface area contributed by atoms with Gasteiger partial charge < -0.3 is 9.05 Å². The minimum Gasteiger partial charge on any atom is -0.417 e. The van der Waals surface area contributed by atoms with Crippen LogP contribution in [0.5, 0.6) is 5.75 Å². The van der Waals surface area contributed by atoms with Crippen molar-refractivity contribution < 1.29 is 18.4 Å². The molecule has 0 spiro atoms. The predicted octanol–water partition coefficient (Wildman–Crippen LogP) is 5.36. The molecule has 0 aliphatic heterocycles. The molecular formula is C20H25O4P. The molecule has 2 aromatic carbocycles. The van der Waals surface area contributed by atoms with E-state index >= 15 is 0 Å². The molecule has 4 nitrogen and oxygen atoms in total. The average molecular weight is 360 g/mol. The van der Waals surface area contributed by atoms with Crippen LogP contribution in [0.15, 0.2) is 30.3 Å². The van der Waals surface area contributed by atoms with Gasteiger partial charge in [-0.05, 0) is 73.6 Å².